The molecule has 0 rings (SSSR count). The minimum Gasteiger partial charge on any atom is -0.311 e. The number of unbranched alkanes of at least 4 members (excludes halogenated alkanes) is 2. The Morgan fingerprint density at radius 3 is 2.31 bits per heavy atom. The van der Waals surface area contributed by atoms with E-state index >= 15 is 0 Å². The van der Waals surface area contributed by atoms with Crippen LogP contribution in [0.2, 0.25) is 0 Å². The molecule has 0 aromatic carbocycles. The topological polar surface area (TPSA) is 24.4 Å². The quantitative estimate of drug-likeness (QED) is 0.469. The van der Waals surface area contributed by atoms with E-state index in [1.165, 1.54) is 31.4 Å². The van der Waals surface area contributed by atoms with Gasteiger partial charge >= 0.3 is 0 Å². The fourth-order valence-corrected chi connectivity index (χ4v) is 1.79. The van der Waals surface area contributed by atoms with Gasteiger partial charge in [-0.05, 0) is 40.2 Å². The molecule has 0 spiro atoms. The van der Waals surface area contributed by atoms with Crippen LogP contribution in [-0.4, -0.2) is 24.3 Å². The Hall–Kier alpha value is -0.370. The van der Waals surface area contributed by atoms with E-state index in [2.05, 4.69) is 44.9 Å². The van der Waals surface area contributed by atoms with Crippen molar-refractivity contribution in [1.29, 1.82) is 0 Å². The monoisotopic (exact) mass is 226 g/mol. The molecular formula is C14H30N2. The molecule has 0 aliphatic heterocycles. The fraction of sp³-hybridized carbons (Fsp3) is 0.929. The zero-order valence-corrected chi connectivity index (χ0v) is 11.9. The van der Waals surface area contributed by atoms with E-state index in [1.54, 1.807) is 0 Å². The second-order valence-corrected chi connectivity index (χ2v) is 5.31. The zero-order chi connectivity index (χ0) is 12.4. The van der Waals surface area contributed by atoms with Crippen molar-refractivity contribution in [3.05, 3.63) is 0 Å². The standard InChI is InChI=1S/C14H30N2/c1-6-8-10-15-13(3)12-14(4,5)16-11-9-7-2/h16H,6-12H2,1-5H3. The molecule has 0 aliphatic carbocycles. The summed E-state index contributed by atoms with van der Waals surface area (Å²) in [6, 6.07) is 0. The summed E-state index contributed by atoms with van der Waals surface area (Å²) in [6.45, 7) is 13.2. The van der Waals surface area contributed by atoms with Crippen LogP contribution in [0, 0.1) is 0 Å². The summed E-state index contributed by atoms with van der Waals surface area (Å²) in [4.78, 5) is 4.60. The first kappa shape index (κ1) is 15.6. The Morgan fingerprint density at radius 2 is 1.75 bits per heavy atom. The molecule has 0 heterocycles. The minimum absolute atomic E-state index is 0.189. The van der Waals surface area contributed by atoms with E-state index in [9.17, 15) is 0 Å². The van der Waals surface area contributed by atoms with Crippen LogP contribution in [0.5, 0.6) is 0 Å². The number of nitrogens with zero attached hydrogens (tertiary/aromatic N) is 1. The van der Waals surface area contributed by atoms with Crippen molar-refractivity contribution in [3.63, 3.8) is 0 Å². The van der Waals surface area contributed by atoms with E-state index in [-0.39, 0.29) is 5.54 Å². The van der Waals surface area contributed by atoms with Crippen LogP contribution >= 0.6 is 0 Å². The van der Waals surface area contributed by atoms with Gasteiger partial charge < -0.3 is 5.32 Å². The Bertz CT molecular complexity index is 195. The van der Waals surface area contributed by atoms with E-state index in [4.69, 9.17) is 0 Å². The molecule has 0 aliphatic rings. The highest BCUT2D eigenvalue weighted by Crippen LogP contribution is 2.10. The van der Waals surface area contributed by atoms with Crippen LogP contribution in [0.15, 0.2) is 4.99 Å². The van der Waals surface area contributed by atoms with Crippen molar-refractivity contribution in [1.82, 2.24) is 5.32 Å². The van der Waals surface area contributed by atoms with E-state index in [0.29, 0.717) is 0 Å². The molecule has 0 atom stereocenters. The predicted molar refractivity (Wildman–Crippen MR) is 74.5 cm³/mol. The zero-order valence-electron chi connectivity index (χ0n) is 11.9. The molecule has 96 valence electrons. The molecule has 2 nitrogen and oxygen atoms in total. The molecule has 1 N–H and O–H groups in total. The van der Waals surface area contributed by atoms with Gasteiger partial charge in [0.05, 0.1) is 0 Å². The smallest absolute Gasteiger partial charge is 0.0388 e. The first-order valence-corrected chi connectivity index (χ1v) is 6.76. The fourth-order valence-electron chi connectivity index (χ4n) is 1.79. The van der Waals surface area contributed by atoms with Gasteiger partial charge in [-0.2, -0.15) is 0 Å². The summed E-state index contributed by atoms with van der Waals surface area (Å²) >= 11 is 0. The lowest BCUT2D eigenvalue weighted by molar-refractivity contribution is 0.397. The third-order valence-electron chi connectivity index (χ3n) is 2.73. The highest BCUT2D eigenvalue weighted by molar-refractivity contribution is 5.82. The lowest BCUT2D eigenvalue weighted by Gasteiger charge is -2.26. The molecule has 0 fully saturated rings. The predicted octanol–water partition coefficient (Wildman–Crippen LogP) is 3.81. The molecule has 0 aromatic heterocycles. The summed E-state index contributed by atoms with van der Waals surface area (Å²) in [7, 11) is 0. The van der Waals surface area contributed by atoms with Gasteiger partial charge in [-0.1, -0.05) is 26.7 Å². The van der Waals surface area contributed by atoms with Crippen molar-refractivity contribution in [2.45, 2.75) is 72.3 Å². The molecular weight excluding hydrogens is 196 g/mol. The minimum atomic E-state index is 0.189. The number of aliphatic imine (C=N–C) groups is 1. The summed E-state index contributed by atoms with van der Waals surface area (Å²) in [5, 5.41) is 3.60. The average molecular weight is 226 g/mol. The molecule has 2 heteroatoms. The van der Waals surface area contributed by atoms with Gasteiger partial charge in [0.2, 0.25) is 0 Å². The highest BCUT2D eigenvalue weighted by Gasteiger charge is 2.17. The average Bonchev–Trinajstić information content (AvgIpc) is 2.17. The Morgan fingerprint density at radius 1 is 1.12 bits per heavy atom. The Labute approximate surface area is 102 Å². The molecule has 16 heavy (non-hydrogen) atoms. The van der Waals surface area contributed by atoms with Gasteiger partial charge in [0.1, 0.15) is 0 Å². The highest BCUT2D eigenvalue weighted by atomic mass is 15.0. The van der Waals surface area contributed by atoms with E-state index in [1.807, 2.05) is 0 Å². The molecule has 0 amide bonds. The van der Waals surface area contributed by atoms with Gasteiger partial charge in [0.15, 0.2) is 0 Å². The van der Waals surface area contributed by atoms with Crippen LogP contribution in [0.25, 0.3) is 0 Å². The molecule has 0 saturated heterocycles. The third-order valence-corrected chi connectivity index (χ3v) is 2.73. The second kappa shape index (κ2) is 8.74. The summed E-state index contributed by atoms with van der Waals surface area (Å²) < 4.78 is 0. The van der Waals surface area contributed by atoms with E-state index < -0.39 is 0 Å². The van der Waals surface area contributed by atoms with Crippen LogP contribution in [0.4, 0.5) is 0 Å². The maximum Gasteiger partial charge on any atom is 0.0388 e. The third kappa shape index (κ3) is 8.90. The van der Waals surface area contributed by atoms with Crippen LogP contribution in [0.1, 0.15) is 66.7 Å². The number of hydrogen-bond donors (Lipinski definition) is 1. The van der Waals surface area contributed by atoms with Crippen molar-refractivity contribution in [3.8, 4) is 0 Å². The van der Waals surface area contributed by atoms with E-state index in [0.717, 1.165) is 19.5 Å². The normalized spacial score (nSPS) is 13.2. The number of hydrogen-bond acceptors (Lipinski definition) is 2. The summed E-state index contributed by atoms with van der Waals surface area (Å²) in [5.74, 6) is 0. The van der Waals surface area contributed by atoms with Gasteiger partial charge in [-0.25, -0.2) is 0 Å². The first-order valence-electron chi connectivity index (χ1n) is 6.76. The Balaban J connectivity index is 3.88. The SMILES string of the molecule is CCCCN=C(C)CC(C)(C)NCCCC. The number of rotatable bonds is 9. The largest absolute Gasteiger partial charge is 0.311 e. The van der Waals surface area contributed by atoms with Crippen molar-refractivity contribution < 1.29 is 0 Å². The second-order valence-electron chi connectivity index (χ2n) is 5.31. The Kier molecular flexibility index (Phi) is 8.54. The lowest BCUT2D eigenvalue weighted by atomic mass is 9.97. The maximum absolute atomic E-state index is 4.60. The summed E-state index contributed by atoms with van der Waals surface area (Å²) in [5.41, 5.74) is 1.47. The van der Waals surface area contributed by atoms with Gasteiger partial charge in [-0.15, -0.1) is 0 Å². The van der Waals surface area contributed by atoms with Crippen LogP contribution in [-0.2, 0) is 0 Å². The van der Waals surface area contributed by atoms with Crippen LogP contribution < -0.4 is 5.32 Å². The first-order chi connectivity index (χ1) is 7.52. The van der Waals surface area contributed by atoms with Crippen molar-refractivity contribution >= 4 is 5.71 Å². The van der Waals surface area contributed by atoms with Crippen molar-refractivity contribution in [2.24, 2.45) is 4.99 Å². The molecule has 0 bridgehead atoms. The maximum atomic E-state index is 4.60. The van der Waals surface area contributed by atoms with Gasteiger partial charge in [0, 0.05) is 24.2 Å². The van der Waals surface area contributed by atoms with Gasteiger partial charge in [-0.3, -0.25) is 4.99 Å². The number of nitrogens with one attached hydrogen (secondary N) is 1. The molecule has 0 unspecified atom stereocenters. The lowest BCUT2D eigenvalue weighted by Crippen LogP contribution is -2.41. The summed E-state index contributed by atoms with van der Waals surface area (Å²) in [6.07, 6.45) is 6.01. The van der Waals surface area contributed by atoms with Crippen LogP contribution in [0.3, 0.4) is 0 Å². The molecule has 0 aromatic rings. The van der Waals surface area contributed by atoms with Crippen molar-refractivity contribution in [2.75, 3.05) is 13.1 Å². The molecule has 0 radical (unpaired) electrons. The molecule has 0 saturated carbocycles. The van der Waals surface area contributed by atoms with Gasteiger partial charge in [0.25, 0.3) is 0 Å².